The van der Waals surface area contributed by atoms with Crippen molar-refractivity contribution in [3.05, 3.63) is 23.8 Å². The van der Waals surface area contributed by atoms with Crippen LogP contribution in [0.5, 0.6) is 11.5 Å². The van der Waals surface area contributed by atoms with Crippen LogP contribution in [0.2, 0.25) is 0 Å². The van der Waals surface area contributed by atoms with Gasteiger partial charge in [0.25, 0.3) is 0 Å². The molecule has 144 valence electrons. The zero-order valence-corrected chi connectivity index (χ0v) is 16.6. The van der Waals surface area contributed by atoms with Gasteiger partial charge in [0.1, 0.15) is 0 Å². The van der Waals surface area contributed by atoms with Crippen molar-refractivity contribution < 1.29 is 14.3 Å². The van der Waals surface area contributed by atoms with Crippen LogP contribution in [0.15, 0.2) is 18.2 Å². The molecule has 0 radical (unpaired) electrons. The number of rotatable bonds is 8. The molecule has 1 fully saturated rings. The lowest BCUT2D eigenvalue weighted by Gasteiger charge is -2.21. The zero-order valence-electron chi connectivity index (χ0n) is 15.8. The molecule has 1 amide bonds. The molecule has 0 heterocycles. The summed E-state index contributed by atoms with van der Waals surface area (Å²) in [4.78, 5) is 12.2. The number of unbranched alkanes of at least 4 members (excludes halogenated alkanes) is 1. The summed E-state index contributed by atoms with van der Waals surface area (Å²) in [6.45, 7) is 3.34. The number of nitrogens with one attached hydrogen (secondary N) is 2. The van der Waals surface area contributed by atoms with Crippen molar-refractivity contribution in [1.82, 2.24) is 10.6 Å². The number of carbonyl (C=O) groups excluding carboxylic acids is 1. The largest absolute Gasteiger partial charge is 0.493 e. The predicted molar refractivity (Wildman–Crippen MR) is 108 cm³/mol. The summed E-state index contributed by atoms with van der Waals surface area (Å²) in [5.74, 6) is 1.60. The molecule has 6 heteroatoms. The van der Waals surface area contributed by atoms with E-state index in [-0.39, 0.29) is 11.8 Å². The van der Waals surface area contributed by atoms with E-state index in [1.807, 2.05) is 18.2 Å². The van der Waals surface area contributed by atoms with E-state index < -0.39 is 0 Å². The standard InChI is InChI=1S/C20H30N2O3S/c1-3-4-12-25-17-11-10-15(13-18(17)24-2)14-21-20(26)22-19(23)16-8-6-5-7-9-16/h10-11,13,16H,3-9,12,14H2,1-2H3,(H2,21,22,23,26). The molecule has 0 unspecified atom stereocenters. The Morgan fingerprint density at radius 2 is 2.00 bits per heavy atom. The van der Waals surface area contributed by atoms with E-state index in [9.17, 15) is 4.79 Å². The van der Waals surface area contributed by atoms with Crippen LogP contribution in [-0.4, -0.2) is 24.7 Å². The fourth-order valence-electron chi connectivity index (χ4n) is 3.07. The summed E-state index contributed by atoms with van der Waals surface area (Å²) in [7, 11) is 1.63. The molecule has 26 heavy (non-hydrogen) atoms. The van der Waals surface area contributed by atoms with Gasteiger partial charge in [-0.25, -0.2) is 0 Å². The van der Waals surface area contributed by atoms with Crippen LogP contribution in [0.3, 0.4) is 0 Å². The average molecular weight is 379 g/mol. The fourth-order valence-corrected chi connectivity index (χ4v) is 3.25. The molecule has 2 rings (SSSR count). The molecule has 0 aliphatic heterocycles. The molecule has 2 N–H and O–H groups in total. The van der Waals surface area contributed by atoms with Gasteiger partial charge in [-0.3, -0.25) is 4.79 Å². The molecule has 5 nitrogen and oxygen atoms in total. The third kappa shape index (κ3) is 6.48. The van der Waals surface area contributed by atoms with Crippen LogP contribution in [0.1, 0.15) is 57.4 Å². The summed E-state index contributed by atoms with van der Waals surface area (Å²) < 4.78 is 11.2. The number of hydrogen-bond donors (Lipinski definition) is 2. The Labute approximate surface area is 161 Å². The highest BCUT2D eigenvalue weighted by Gasteiger charge is 2.21. The molecule has 0 saturated heterocycles. The first-order valence-electron chi connectivity index (χ1n) is 9.52. The Bertz CT molecular complexity index is 601. The third-order valence-corrected chi connectivity index (χ3v) is 4.90. The van der Waals surface area contributed by atoms with Crippen LogP contribution in [0, 0.1) is 5.92 Å². The van der Waals surface area contributed by atoms with Crippen molar-refractivity contribution in [2.45, 2.75) is 58.4 Å². The lowest BCUT2D eigenvalue weighted by atomic mass is 9.89. The SMILES string of the molecule is CCCCOc1ccc(CNC(=S)NC(=O)C2CCCCC2)cc1OC. The highest BCUT2D eigenvalue weighted by Crippen LogP contribution is 2.28. The van der Waals surface area contributed by atoms with Crippen molar-refractivity contribution in [3.63, 3.8) is 0 Å². The van der Waals surface area contributed by atoms with E-state index in [1.165, 1.54) is 6.42 Å². The van der Waals surface area contributed by atoms with Crippen molar-refractivity contribution in [1.29, 1.82) is 0 Å². The number of carbonyl (C=O) groups is 1. The van der Waals surface area contributed by atoms with Crippen LogP contribution in [0.25, 0.3) is 0 Å². The summed E-state index contributed by atoms with van der Waals surface area (Å²) in [5, 5.41) is 6.29. The van der Waals surface area contributed by atoms with Gasteiger partial charge in [-0.2, -0.15) is 0 Å². The van der Waals surface area contributed by atoms with Gasteiger partial charge in [0, 0.05) is 12.5 Å². The minimum atomic E-state index is 0.0412. The second-order valence-electron chi connectivity index (χ2n) is 6.69. The Balaban J connectivity index is 1.82. The molecule has 0 spiro atoms. The van der Waals surface area contributed by atoms with Gasteiger partial charge in [-0.15, -0.1) is 0 Å². The minimum Gasteiger partial charge on any atom is -0.493 e. The molecular weight excluding hydrogens is 348 g/mol. The molecule has 0 bridgehead atoms. The molecule has 1 aliphatic carbocycles. The van der Waals surface area contributed by atoms with E-state index in [4.69, 9.17) is 21.7 Å². The molecule has 1 aliphatic rings. The van der Waals surface area contributed by atoms with Crippen LogP contribution >= 0.6 is 12.2 Å². The number of benzene rings is 1. The number of methoxy groups -OCH3 is 1. The summed E-state index contributed by atoms with van der Waals surface area (Å²) in [6, 6.07) is 5.82. The Hall–Kier alpha value is -1.82. The molecule has 1 aromatic carbocycles. The zero-order chi connectivity index (χ0) is 18.8. The van der Waals surface area contributed by atoms with Crippen LogP contribution < -0.4 is 20.1 Å². The van der Waals surface area contributed by atoms with Gasteiger partial charge in [0.05, 0.1) is 13.7 Å². The van der Waals surface area contributed by atoms with Gasteiger partial charge < -0.3 is 20.1 Å². The number of hydrogen-bond acceptors (Lipinski definition) is 4. The molecular formula is C20H30N2O3S. The highest BCUT2D eigenvalue weighted by molar-refractivity contribution is 7.80. The van der Waals surface area contributed by atoms with Gasteiger partial charge in [-0.05, 0) is 49.2 Å². The second-order valence-corrected chi connectivity index (χ2v) is 7.10. The molecule has 1 aromatic rings. The van der Waals surface area contributed by atoms with Crippen LogP contribution in [0.4, 0.5) is 0 Å². The third-order valence-electron chi connectivity index (χ3n) is 4.65. The maximum absolute atomic E-state index is 12.2. The first-order chi connectivity index (χ1) is 12.6. The lowest BCUT2D eigenvalue weighted by molar-refractivity contribution is -0.124. The Morgan fingerprint density at radius 3 is 2.69 bits per heavy atom. The number of ether oxygens (including phenoxy) is 2. The van der Waals surface area contributed by atoms with E-state index in [2.05, 4.69) is 17.6 Å². The van der Waals surface area contributed by atoms with Crippen molar-refractivity contribution in [2.24, 2.45) is 5.92 Å². The topological polar surface area (TPSA) is 59.6 Å². The molecule has 1 saturated carbocycles. The predicted octanol–water partition coefficient (Wildman–Crippen LogP) is 3.95. The van der Waals surface area contributed by atoms with Gasteiger partial charge >= 0.3 is 0 Å². The van der Waals surface area contributed by atoms with Gasteiger partial charge in [0.15, 0.2) is 16.6 Å². The highest BCUT2D eigenvalue weighted by atomic mass is 32.1. The van der Waals surface area contributed by atoms with Crippen molar-refractivity contribution in [3.8, 4) is 11.5 Å². The maximum Gasteiger partial charge on any atom is 0.229 e. The van der Waals surface area contributed by atoms with E-state index in [0.29, 0.717) is 24.0 Å². The smallest absolute Gasteiger partial charge is 0.229 e. The molecule has 0 aromatic heterocycles. The second kappa shape index (κ2) is 11.0. The minimum absolute atomic E-state index is 0.0412. The Morgan fingerprint density at radius 1 is 1.23 bits per heavy atom. The molecule has 0 atom stereocenters. The quantitative estimate of drug-likeness (QED) is 0.530. The summed E-state index contributed by atoms with van der Waals surface area (Å²) in [5.41, 5.74) is 1.01. The van der Waals surface area contributed by atoms with Gasteiger partial charge in [-0.1, -0.05) is 38.7 Å². The average Bonchev–Trinajstić information content (AvgIpc) is 2.67. The summed E-state index contributed by atoms with van der Waals surface area (Å²) >= 11 is 5.26. The van der Waals surface area contributed by atoms with Crippen molar-refractivity contribution >= 4 is 23.2 Å². The number of amides is 1. The van der Waals surface area contributed by atoms with Crippen LogP contribution in [-0.2, 0) is 11.3 Å². The van der Waals surface area contributed by atoms with Gasteiger partial charge in [0.2, 0.25) is 5.91 Å². The first-order valence-corrected chi connectivity index (χ1v) is 9.93. The normalized spacial score (nSPS) is 14.5. The monoisotopic (exact) mass is 378 g/mol. The Kier molecular flexibility index (Phi) is 8.68. The van der Waals surface area contributed by atoms with Crippen molar-refractivity contribution in [2.75, 3.05) is 13.7 Å². The van der Waals surface area contributed by atoms with E-state index >= 15 is 0 Å². The fraction of sp³-hybridized carbons (Fsp3) is 0.600. The van der Waals surface area contributed by atoms with E-state index in [1.54, 1.807) is 7.11 Å². The lowest BCUT2D eigenvalue weighted by Crippen LogP contribution is -2.42. The number of thiocarbonyl (C=S) groups is 1. The maximum atomic E-state index is 12.2. The summed E-state index contributed by atoms with van der Waals surface area (Å²) in [6.07, 6.45) is 7.52. The van der Waals surface area contributed by atoms with E-state index in [0.717, 1.165) is 49.8 Å². The first kappa shape index (κ1) is 20.5.